The summed E-state index contributed by atoms with van der Waals surface area (Å²) in [4.78, 5) is 18.4. The maximum Gasteiger partial charge on any atom is 0.236 e. The molecular formula is C24H36ClN7. The lowest BCUT2D eigenvalue weighted by atomic mass is 9.89. The summed E-state index contributed by atoms with van der Waals surface area (Å²) in [6.07, 6.45) is 8.89. The first kappa shape index (κ1) is 23.1. The van der Waals surface area contributed by atoms with Gasteiger partial charge in [0.2, 0.25) is 17.8 Å². The Hall–Kier alpha value is -2.12. The van der Waals surface area contributed by atoms with Gasteiger partial charge in [-0.3, -0.25) is 4.90 Å². The largest absolute Gasteiger partial charge is 0.368 e. The van der Waals surface area contributed by atoms with Gasteiger partial charge in [-0.1, -0.05) is 43.9 Å². The topological polar surface area (TPSA) is 83.2 Å². The van der Waals surface area contributed by atoms with Crippen LogP contribution >= 0.6 is 11.6 Å². The number of nitrogens with zero attached hydrogens (tertiary/aromatic N) is 5. The zero-order valence-electron chi connectivity index (χ0n) is 19.4. The van der Waals surface area contributed by atoms with E-state index in [1.165, 1.54) is 38.5 Å². The van der Waals surface area contributed by atoms with Gasteiger partial charge in [0.05, 0.1) is 0 Å². The molecule has 1 aromatic heterocycles. The Morgan fingerprint density at radius 3 is 2.69 bits per heavy atom. The molecule has 2 fully saturated rings. The number of aromatic nitrogens is 3. The number of likely N-dealkylation sites (tertiary alicyclic amines) is 1. The summed E-state index contributed by atoms with van der Waals surface area (Å²) < 4.78 is 0. The van der Waals surface area contributed by atoms with Crippen molar-refractivity contribution in [2.24, 2.45) is 5.92 Å². The third-order valence-corrected chi connectivity index (χ3v) is 7.33. The van der Waals surface area contributed by atoms with Gasteiger partial charge >= 0.3 is 0 Å². The molecule has 1 aliphatic carbocycles. The third-order valence-electron chi connectivity index (χ3n) is 6.92. The van der Waals surface area contributed by atoms with Crippen LogP contribution in [0.25, 0.3) is 0 Å². The molecule has 3 N–H and O–H groups in total. The molecule has 1 aromatic carbocycles. The molecule has 2 aromatic rings. The van der Waals surface area contributed by atoms with Gasteiger partial charge in [0.15, 0.2) is 0 Å². The molecule has 1 saturated carbocycles. The highest BCUT2D eigenvalue weighted by Gasteiger charge is 2.28. The van der Waals surface area contributed by atoms with Crippen LogP contribution in [0.2, 0.25) is 5.02 Å². The molecule has 0 radical (unpaired) electrons. The van der Waals surface area contributed by atoms with Gasteiger partial charge in [0, 0.05) is 29.8 Å². The molecular weight excluding hydrogens is 422 g/mol. The molecule has 32 heavy (non-hydrogen) atoms. The van der Waals surface area contributed by atoms with Crippen LogP contribution in [0.3, 0.4) is 0 Å². The Morgan fingerprint density at radius 1 is 1.12 bits per heavy atom. The second-order valence-corrected chi connectivity index (χ2v) is 9.58. The fourth-order valence-corrected chi connectivity index (χ4v) is 5.16. The summed E-state index contributed by atoms with van der Waals surface area (Å²) in [5.74, 6) is 2.04. The Labute approximate surface area is 196 Å². The first-order valence-corrected chi connectivity index (χ1v) is 12.4. The van der Waals surface area contributed by atoms with Crippen LogP contribution in [0, 0.1) is 12.8 Å². The van der Waals surface area contributed by atoms with Crippen molar-refractivity contribution in [3.8, 4) is 0 Å². The van der Waals surface area contributed by atoms with Crippen LogP contribution in [-0.4, -0.2) is 52.1 Å². The molecule has 8 heteroatoms. The van der Waals surface area contributed by atoms with Gasteiger partial charge in [-0.15, -0.1) is 0 Å². The van der Waals surface area contributed by atoms with Crippen molar-refractivity contribution >= 4 is 35.1 Å². The van der Waals surface area contributed by atoms with Gasteiger partial charge < -0.3 is 16.0 Å². The van der Waals surface area contributed by atoms with Gasteiger partial charge in [0.25, 0.3) is 0 Å². The summed E-state index contributed by atoms with van der Waals surface area (Å²) in [5.41, 5.74) is 8.17. The van der Waals surface area contributed by atoms with Crippen molar-refractivity contribution < 1.29 is 0 Å². The van der Waals surface area contributed by atoms with E-state index in [9.17, 15) is 0 Å². The molecule has 2 heterocycles. The van der Waals surface area contributed by atoms with Crippen molar-refractivity contribution in [1.29, 1.82) is 0 Å². The van der Waals surface area contributed by atoms with Crippen LogP contribution in [0.5, 0.6) is 0 Å². The Morgan fingerprint density at radius 2 is 1.94 bits per heavy atom. The van der Waals surface area contributed by atoms with Gasteiger partial charge in [0.1, 0.15) is 0 Å². The average molecular weight is 458 g/mol. The lowest BCUT2D eigenvalue weighted by Gasteiger charge is -2.31. The highest BCUT2D eigenvalue weighted by molar-refractivity contribution is 6.31. The monoisotopic (exact) mass is 457 g/mol. The number of nitrogen functional groups attached to an aromatic ring is 1. The minimum Gasteiger partial charge on any atom is -0.368 e. The maximum atomic E-state index is 6.49. The summed E-state index contributed by atoms with van der Waals surface area (Å²) in [6, 6.07) is 6.57. The summed E-state index contributed by atoms with van der Waals surface area (Å²) in [6.45, 7) is 8.09. The molecule has 0 bridgehead atoms. The number of rotatable bonds is 8. The first-order valence-electron chi connectivity index (χ1n) is 12.1. The minimum absolute atomic E-state index is 0.239. The predicted molar refractivity (Wildman–Crippen MR) is 133 cm³/mol. The van der Waals surface area contributed by atoms with E-state index in [0.29, 0.717) is 23.9 Å². The summed E-state index contributed by atoms with van der Waals surface area (Å²) in [5, 5.41) is 4.17. The molecule has 174 valence electrons. The number of hydrogen-bond donors (Lipinski definition) is 2. The van der Waals surface area contributed by atoms with E-state index in [1.807, 2.05) is 19.1 Å². The zero-order chi connectivity index (χ0) is 22.5. The number of anilines is 4. The average Bonchev–Trinajstić information content (AvgIpc) is 3.25. The van der Waals surface area contributed by atoms with Gasteiger partial charge in [-0.25, -0.2) is 0 Å². The van der Waals surface area contributed by atoms with Crippen molar-refractivity contribution in [2.75, 3.05) is 42.1 Å². The van der Waals surface area contributed by atoms with E-state index < -0.39 is 0 Å². The molecule has 7 nitrogen and oxygen atoms in total. The maximum absolute atomic E-state index is 6.49. The highest BCUT2D eigenvalue weighted by atomic mass is 35.5. The number of nitrogens with one attached hydrogen (secondary N) is 1. The van der Waals surface area contributed by atoms with E-state index >= 15 is 0 Å². The van der Waals surface area contributed by atoms with E-state index in [4.69, 9.17) is 22.3 Å². The smallest absolute Gasteiger partial charge is 0.236 e. The van der Waals surface area contributed by atoms with Crippen LogP contribution in [0.15, 0.2) is 18.2 Å². The van der Waals surface area contributed by atoms with E-state index in [-0.39, 0.29) is 5.95 Å². The number of likely N-dealkylation sites (N-methyl/N-ethyl adjacent to an activating group) is 1. The quantitative estimate of drug-likeness (QED) is 0.575. The predicted octanol–water partition coefficient (Wildman–Crippen LogP) is 5.03. The van der Waals surface area contributed by atoms with Crippen molar-refractivity contribution in [1.82, 2.24) is 19.9 Å². The fraction of sp³-hybridized carbons (Fsp3) is 0.625. The third kappa shape index (κ3) is 5.62. The lowest BCUT2D eigenvalue weighted by Crippen LogP contribution is -2.39. The van der Waals surface area contributed by atoms with Crippen molar-refractivity contribution in [3.63, 3.8) is 0 Å². The molecule has 1 atom stereocenters. The molecule has 4 rings (SSSR count). The second-order valence-electron chi connectivity index (χ2n) is 9.17. The van der Waals surface area contributed by atoms with Gasteiger partial charge in [-0.05, 0) is 69.3 Å². The van der Waals surface area contributed by atoms with E-state index in [2.05, 4.69) is 38.1 Å². The van der Waals surface area contributed by atoms with Crippen molar-refractivity contribution in [2.45, 2.75) is 64.8 Å². The standard InChI is InChI=1S/C24H36ClN7/c1-3-31-13-7-10-20(31)16-32(19-12-11-17(2)21(25)14-19)24-29-22(26)28-23(30-24)27-15-18-8-5-4-6-9-18/h11-12,14,18,20H,3-10,13,15-16H2,1-2H3,(H3,26,27,28,29,30). The Balaban J connectivity index is 1.60. The summed E-state index contributed by atoms with van der Waals surface area (Å²) >= 11 is 6.49. The number of benzene rings is 1. The molecule has 2 aliphatic rings. The number of halogens is 1. The van der Waals surface area contributed by atoms with Crippen LogP contribution < -0.4 is 16.0 Å². The molecule has 1 unspecified atom stereocenters. The van der Waals surface area contributed by atoms with E-state index in [0.717, 1.165) is 48.9 Å². The van der Waals surface area contributed by atoms with Crippen LogP contribution in [-0.2, 0) is 0 Å². The zero-order valence-corrected chi connectivity index (χ0v) is 20.1. The fourth-order valence-electron chi connectivity index (χ4n) is 4.99. The number of nitrogens with two attached hydrogens (primary N) is 1. The second kappa shape index (κ2) is 10.7. The number of aryl methyl sites for hydroxylation is 1. The minimum atomic E-state index is 0.239. The first-order chi connectivity index (χ1) is 15.5. The Kier molecular flexibility index (Phi) is 7.68. The Bertz CT molecular complexity index is 900. The van der Waals surface area contributed by atoms with Gasteiger partial charge in [-0.2, -0.15) is 15.0 Å². The van der Waals surface area contributed by atoms with E-state index in [1.54, 1.807) is 0 Å². The lowest BCUT2D eigenvalue weighted by molar-refractivity contribution is 0.271. The normalized spacial score (nSPS) is 19.9. The SMILES string of the molecule is CCN1CCCC1CN(c1ccc(C)c(Cl)c1)c1nc(N)nc(NCC2CCCCC2)n1. The molecule has 1 aliphatic heterocycles. The van der Waals surface area contributed by atoms with Crippen LogP contribution in [0.1, 0.15) is 57.4 Å². The molecule has 0 spiro atoms. The van der Waals surface area contributed by atoms with Crippen molar-refractivity contribution in [3.05, 3.63) is 28.8 Å². The highest BCUT2D eigenvalue weighted by Crippen LogP contribution is 2.31. The number of hydrogen-bond acceptors (Lipinski definition) is 7. The molecule has 1 saturated heterocycles. The molecule has 0 amide bonds. The summed E-state index contributed by atoms with van der Waals surface area (Å²) in [7, 11) is 0. The van der Waals surface area contributed by atoms with Crippen LogP contribution in [0.4, 0.5) is 23.5 Å².